The molecule has 5 atom stereocenters. The van der Waals surface area contributed by atoms with Crippen molar-refractivity contribution in [3.05, 3.63) is 35.9 Å². The van der Waals surface area contributed by atoms with Crippen LogP contribution in [0.5, 0.6) is 0 Å². The summed E-state index contributed by atoms with van der Waals surface area (Å²) in [6.45, 7) is 4.06. The first-order chi connectivity index (χ1) is 11.0. The Kier molecular flexibility index (Phi) is 7.06. The minimum absolute atomic E-state index is 0.0696. The molecule has 1 N–H and O–H groups in total. The number of halogens is 1. The smallest absolute Gasteiger partial charge is 0.338 e. The number of carbonyl (C=O) groups is 1. The van der Waals surface area contributed by atoms with Gasteiger partial charge in [-0.2, -0.15) is 0 Å². The fraction of sp³-hybridized carbons (Fsp3) is 0.611. The molecule has 5 heteroatoms. The fourth-order valence-electron chi connectivity index (χ4n) is 2.88. The first kappa shape index (κ1) is 18.4. The highest BCUT2D eigenvalue weighted by molar-refractivity contribution is 9.09. The van der Waals surface area contributed by atoms with Gasteiger partial charge in [-0.1, -0.05) is 41.1 Å². The molecule has 1 heterocycles. The highest BCUT2D eigenvalue weighted by Crippen LogP contribution is 2.27. The molecule has 1 saturated heterocycles. The zero-order chi connectivity index (χ0) is 16.8. The van der Waals surface area contributed by atoms with E-state index in [0.717, 1.165) is 12.8 Å². The standard InChI is InChI=1S/C18H25BrO4/c1-3-14(19)16-9-10-17(15(20)11-12(2)22-16)23-18(21)13-7-5-4-6-8-13/h4-8,12,14-17,20H,3,9-11H2,1-2H3/t12-,14+,15-,16+,17-/m1/s1. The van der Waals surface area contributed by atoms with Crippen molar-refractivity contribution in [2.75, 3.05) is 0 Å². The van der Waals surface area contributed by atoms with Crippen LogP contribution in [0, 0.1) is 0 Å². The number of esters is 1. The van der Waals surface area contributed by atoms with Crippen LogP contribution in [0.3, 0.4) is 0 Å². The van der Waals surface area contributed by atoms with E-state index in [1.807, 2.05) is 13.0 Å². The zero-order valence-electron chi connectivity index (χ0n) is 13.7. The number of rotatable bonds is 4. The van der Waals surface area contributed by atoms with Crippen molar-refractivity contribution < 1.29 is 19.4 Å². The lowest BCUT2D eigenvalue weighted by atomic mass is 9.97. The molecule has 23 heavy (non-hydrogen) atoms. The molecule has 4 nitrogen and oxygen atoms in total. The number of hydrogen-bond acceptors (Lipinski definition) is 4. The SMILES string of the molecule is CC[C@H](Br)[C@@H]1CC[C@@H](OC(=O)c2ccccc2)[C@H](O)C[C@@H](C)O1. The normalized spacial score (nSPS) is 30.1. The van der Waals surface area contributed by atoms with Crippen molar-refractivity contribution in [2.24, 2.45) is 0 Å². The lowest BCUT2D eigenvalue weighted by molar-refractivity contribution is -0.0897. The third-order valence-corrected chi connectivity index (χ3v) is 5.44. The van der Waals surface area contributed by atoms with Crippen molar-refractivity contribution in [1.82, 2.24) is 0 Å². The monoisotopic (exact) mass is 384 g/mol. The van der Waals surface area contributed by atoms with Crippen LogP contribution in [0.15, 0.2) is 30.3 Å². The van der Waals surface area contributed by atoms with Crippen molar-refractivity contribution >= 4 is 21.9 Å². The molecule has 0 aliphatic carbocycles. The lowest BCUT2D eigenvalue weighted by Crippen LogP contribution is -2.40. The van der Waals surface area contributed by atoms with E-state index in [2.05, 4.69) is 22.9 Å². The van der Waals surface area contributed by atoms with Crippen molar-refractivity contribution in [2.45, 2.75) is 68.8 Å². The summed E-state index contributed by atoms with van der Waals surface area (Å²) in [7, 11) is 0. The number of carbonyl (C=O) groups excluding carboxylic acids is 1. The number of alkyl halides is 1. The van der Waals surface area contributed by atoms with Gasteiger partial charge in [0.2, 0.25) is 0 Å². The second-order valence-corrected chi connectivity index (χ2v) is 7.28. The second-order valence-electron chi connectivity index (χ2n) is 6.10. The summed E-state index contributed by atoms with van der Waals surface area (Å²) in [5.41, 5.74) is 0.509. The van der Waals surface area contributed by atoms with Gasteiger partial charge in [0.25, 0.3) is 0 Å². The highest BCUT2D eigenvalue weighted by atomic mass is 79.9. The third-order valence-electron chi connectivity index (χ3n) is 4.21. The number of benzene rings is 1. The Labute approximate surface area is 146 Å². The van der Waals surface area contributed by atoms with E-state index in [9.17, 15) is 9.90 Å². The van der Waals surface area contributed by atoms with Gasteiger partial charge in [-0.25, -0.2) is 4.79 Å². The van der Waals surface area contributed by atoms with Gasteiger partial charge in [-0.05, 0) is 38.3 Å². The predicted molar refractivity (Wildman–Crippen MR) is 92.8 cm³/mol. The molecule has 0 bridgehead atoms. The Bertz CT molecular complexity index is 493. The van der Waals surface area contributed by atoms with Crippen LogP contribution in [0.25, 0.3) is 0 Å². The largest absolute Gasteiger partial charge is 0.456 e. The highest BCUT2D eigenvalue weighted by Gasteiger charge is 2.32. The van der Waals surface area contributed by atoms with Gasteiger partial charge in [-0.15, -0.1) is 0 Å². The van der Waals surface area contributed by atoms with E-state index in [4.69, 9.17) is 9.47 Å². The first-order valence-corrected chi connectivity index (χ1v) is 9.16. The summed E-state index contributed by atoms with van der Waals surface area (Å²) in [5, 5.41) is 10.4. The van der Waals surface area contributed by atoms with Crippen LogP contribution in [-0.4, -0.2) is 40.3 Å². The molecule has 1 aliphatic rings. The van der Waals surface area contributed by atoms with Crippen molar-refractivity contribution in [1.29, 1.82) is 0 Å². The maximum Gasteiger partial charge on any atom is 0.338 e. The quantitative estimate of drug-likeness (QED) is 0.634. The molecular formula is C18H25BrO4. The summed E-state index contributed by atoms with van der Waals surface area (Å²) in [5.74, 6) is -0.383. The minimum atomic E-state index is -0.700. The summed E-state index contributed by atoms with van der Waals surface area (Å²) in [4.78, 5) is 12.5. The molecule has 0 spiro atoms. The van der Waals surface area contributed by atoms with Gasteiger partial charge in [-0.3, -0.25) is 0 Å². The van der Waals surface area contributed by atoms with E-state index < -0.39 is 12.2 Å². The number of hydrogen-bond donors (Lipinski definition) is 1. The number of ether oxygens (including phenoxy) is 2. The molecule has 1 fully saturated rings. The molecule has 0 unspecified atom stereocenters. The van der Waals surface area contributed by atoms with Gasteiger partial charge < -0.3 is 14.6 Å². The molecule has 0 amide bonds. The van der Waals surface area contributed by atoms with E-state index >= 15 is 0 Å². The Morgan fingerprint density at radius 1 is 1.39 bits per heavy atom. The minimum Gasteiger partial charge on any atom is -0.456 e. The number of aliphatic hydroxyl groups is 1. The van der Waals surface area contributed by atoms with Crippen LogP contribution in [-0.2, 0) is 9.47 Å². The zero-order valence-corrected chi connectivity index (χ0v) is 15.2. The number of aliphatic hydroxyl groups excluding tert-OH is 1. The third kappa shape index (κ3) is 5.30. The molecule has 1 aliphatic heterocycles. The topological polar surface area (TPSA) is 55.8 Å². The van der Waals surface area contributed by atoms with Gasteiger partial charge in [0.15, 0.2) is 0 Å². The van der Waals surface area contributed by atoms with Crippen molar-refractivity contribution in [3.8, 4) is 0 Å². The van der Waals surface area contributed by atoms with Crippen LogP contribution in [0.2, 0.25) is 0 Å². The average molecular weight is 385 g/mol. The Balaban J connectivity index is 2.03. The molecular weight excluding hydrogens is 360 g/mol. The Morgan fingerprint density at radius 2 is 2.09 bits per heavy atom. The average Bonchev–Trinajstić information content (AvgIpc) is 2.55. The summed E-state index contributed by atoms with van der Waals surface area (Å²) in [6.07, 6.45) is 1.58. The Hall–Kier alpha value is -0.910. The molecule has 1 aromatic rings. The van der Waals surface area contributed by atoms with Gasteiger partial charge in [0.05, 0.1) is 23.9 Å². The summed E-state index contributed by atoms with van der Waals surface area (Å²) < 4.78 is 11.6. The summed E-state index contributed by atoms with van der Waals surface area (Å²) in [6, 6.07) is 8.89. The molecule has 0 aromatic heterocycles. The molecule has 1 aromatic carbocycles. The first-order valence-electron chi connectivity index (χ1n) is 8.24. The van der Waals surface area contributed by atoms with Gasteiger partial charge in [0, 0.05) is 11.2 Å². The van der Waals surface area contributed by atoms with E-state index in [1.165, 1.54) is 0 Å². The second kappa shape index (κ2) is 8.81. The van der Waals surface area contributed by atoms with Gasteiger partial charge >= 0.3 is 5.97 Å². The van der Waals surface area contributed by atoms with Crippen LogP contribution >= 0.6 is 15.9 Å². The molecule has 0 saturated carbocycles. The maximum atomic E-state index is 12.2. The van der Waals surface area contributed by atoms with E-state index in [-0.39, 0.29) is 23.0 Å². The van der Waals surface area contributed by atoms with Crippen molar-refractivity contribution in [3.63, 3.8) is 0 Å². The lowest BCUT2D eigenvalue weighted by Gasteiger charge is -2.33. The Morgan fingerprint density at radius 3 is 2.74 bits per heavy atom. The van der Waals surface area contributed by atoms with Gasteiger partial charge in [0.1, 0.15) is 6.10 Å². The molecule has 2 rings (SSSR count). The predicted octanol–water partition coefficient (Wildman–Crippen LogP) is 3.70. The maximum absolute atomic E-state index is 12.2. The van der Waals surface area contributed by atoms with E-state index in [1.54, 1.807) is 24.3 Å². The molecule has 128 valence electrons. The van der Waals surface area contributed by atoms with Crippen LogP contribution < -0.4 is 0 Å². The molecule has 0 radical (unpaired) electrons. The summed E-state index contributed by atoms with van der Waals surface area (Å²) >= 11 is 3.65. The fourth-order valence-corrected chi connectivity index (χ4v) is 3.27. The van der Waals surface area contributed by atoms with E-state index in [0.29, 0.717) is 18.4 Å². The van der Waals surface area contributed by atoms with Crippen LogP contribution in [0.4, 0.5) is 0 Å². The van der Waals surface area contributed by atoms with Crippen LogP contribution in [0.1, 0.15) is 49.9 Å².